The normalized spacial score (nSPS) is 11.2. The van der Waals surface area contributed by atoms with Crippen LogP contribution in [0.15, 0.2) is 66.7 Å². The Hall–Kier alpha value is -1.57. The number of benzene rings is 2. The molecule has 0 saturated carbocycles. The van der Waals surface area contributed by atoms with Gasteiger partial charge in [0.15, 0.2) is 6.00 Å². The summed E-state index contributed by atoms with van der Waals surface area (Å²) in [5, 5.41) is 0. The SMILES string of the molecule is C[N+](C)(CCl)CCC=C(c1ccccc1)c1ccccc1. The van der Waals surface area contributed by atoms with E-state index in [1.165, 1.54) is 16.7 Å². The zero-order valence-corrected chi connectivity index (χ0v) is 13.6. The fourth-order valence-corrected chi connectivity index (χ4v) is 2.38. The third kappa shape index (κ3) is 4.73. The van der Waals surface area contributed by atoms with E-state index in [-0.39, 0.29) is 0 Å². The van der Waals surface area contributed by atoms with E-state index in [0.29, 0.717) is 6.00 Å². The third-order valence-corrected chi connectivity index (χ3v) is 4.22. The number of halogens is 1. The Kier molecular flexibility index (Phi) is 5.60. The molecule has 0 aliphatic rings. The molecule has 110 valence electrons. The molecule has 0 heterocycles. The fourth-order valence-electron chi connectivity index (χ4n) is 2.26. The van der Waals surface area contributed by atoms with Gasteiger partial charge >= 0.3 is 0 Å². The van der Waals surface area contributed by atoms with Gasteiger partial charge < -0.3 is 4.48 Å². The summed E-state index contributed by atoms with van der Waals surface area (Å²) in [6.45, 7) is 1.03. The first-order chi connectivity index (χ1) is 10.1. The second-order valence-corrected chi connectivity index (χ2v) is 6.16. The van der Waals surface area contributed by atoms with E-state index in [1.807, 2.05) is 0 Å². The number of rotatable bonds is 6. The minimum atomic E-state index is 0.639. The monoisotopic (exact) mass is 300 g/mol. The highest BCUT2D eigenvalue weighted by Gasteiger charge is 2.12. The lowest BCUT2D eigenvalue weighted by Crippen LogP contribution is -2.38. The van der Waals surface area contributed by atoms with Crippen molar-refractivity contribution in [2.45, 2.75) is 6.42 Å². The van der Waals surface area contributed by atoms with Gasteiger partial charge in [0.25, 0.3) is 0 Å². The molecule has 0 spiro atoms. The highest BCUT2D eigenvalue weighted by atomic mass is 35.5. The summed E-state index contributed by atoms with van der Waals surface area (Å²) in [4.78, 5) is 0. The maximum atomic E-state index is 5.99. The van der Waals surface area contributed by atoms with Gasteiger partial charge in [-0.25, -0.2) is 0 Å². The van der Waals surface area contributed by atoms with E-state index >= 15 is 0 Å². The van der Waals surface area contributed by atoms with Crippen molar-refractivity contribution >= 4 is 17.2 Å². The molecule has 0 aliphatic carbocycles. The van der Waals surface area contributed by atoms with Crippen molar-refractivity contribution in [1.29, 1.82) is 0 Å². The van der Waals surface area contributed by atoms with Gasteiger partial charge in [-0.1, -0.05) is 78.3 Å². The van der Waals surface area contributed by atoms with Crippen LogP contribution in [0.1, 0.15) is 17.5 Å². The maximum Gasteiger partial charge on any atom is 0.154 e. The van der Waals surface area contributed by atoms with Gasteiger partial charge in [0.1, 0.15) is 0 Å². The zero-order chi connectivity index (χ0) is 15.1. The van der Waals surface area contributed by atoms with Crippen LogP contribution in [0.5, 0.6) is 0 Å². The van der Waals surface area contributed by atoms with Crippen molar-refractivity contribution in [2.24, 2.45) is 0 Å². The Balaban J connectivity index is 2.25. The molecule has 0 aliphatic heterocycles. The van der Waals surface area contributed by atoms with Crippen molar-refractivity contribution in [3.05, 3.63) is 77.9 Å². The molecular formula is C19H23ClN+. The molecule has 2 aromatic carbocycles. The number of quaternary nitrogens is 1. The van der Waals surface area contributed by atoms with Crippen LogP contribution in [0, 0.1) is 0 Å². The molecule has 2 heteroatoms. The largest absolute Gasteiger partial charge is 0.316 e. The number of hydrogen-bond acceptors (Lipinski definition) is 0. The third-order valence-electron chi connectivity index (χ3n) is 3.58. The van der Waals surface area contributed by atoms with Crippen LogP contribution in [0.3, 0.4) is 0 Å². The number of alkyl halides is 1. The summed E-state index contributed by atoms with van der Waals surface area (Å²) in [5.41, 5.74) is 3.82. The van der Waals surface area contributed by atoms with Crippen LogP contribution in [0.4, 0.5) is 0 Å². The van der Waals surface area contributed by atoms with Gasteiger partial charge in [-0.15, -0.1) is 0 Å². The lowest BCUT2D eigenvalue weighted by Gasteiger charge is -2.26. The van der Waals surface area contributed by atoms with E-state index in [9.17, 15) is 0 Å². The Morgan fingerprint density at radius 2 is 1.38 bits per heavy atom. The minimum Gasteiger partial charge on any atom is -0.316 e. The van der Waals surface area contributed by atoms with Crippen molar-refractivity contribution < 1.29 is 4.48 Å². The second kappa shape index (κ2) is 7.44. The predicted octanol–water partition coefficient (Wildman–Crippen LogP) is 4.78. The molecule has 0 atom stereocenters. The molecular weight excluding hydrogens is 278 g/mol. The molecule has 0 N–H and O–H groups in total. The molecule has 0 unspecified atom stereocenters. The van der Waals surface area contributed by atoms with Gasteiger partial charge in [0.2, 0.25) is 0 Å². The second-order valence-electron chi connectivity index (χ2n) is 5.92. The summed E-state index contributed by atoms with van der Waals surface area (Å²) < 4.78 is 0.828. The average molecular weight is 301 g/mol. The smallest absolute Gasteiger partial charge is 0.154 e. The van der Waals surface area contributed by atoms with Gasteiger partial charge in [-0.05, 0) is 16.7 Å². The van der Waals surface area contributed by atoms with E-state index in [1.54, 1.807) is 0 Å². The first-order valence-corrected chi connectivity index (χ1v) is 7.85. The van der Waals surface area contributed by atoms with Crippen LogP contribution >= 0.6 is 11.6 Å². The molecule has 0 bridgehead atoms. The fraction of sp³-hybridized carbons (Fsp3) is 0.263. The topological polar surface area (TPSA) is 0 Å². The average Bonchev–Trinajstić information content (AvgIpc) is 2.53. The first kappa shape index (κ1) is 15.8. The van der Waals surface area contributed by atoms with E-state index in [2.05, 4.69) is 80.8 Å². The summed E-state index contributed by atoms with van der Waals surface area (Å²) in [6, 6.07) is 21.8. The quantitative estimate of drug-likeness (QED) is 0.409. The van der Waals surface area contributed by atoms with Crippen LogP contribution in [-0.4, -0.2) is 31.1 Å². The van der Waals surface area contributed by atoms with Crippen LogP contribution in [0.2, 0.25) is 0 Å². The Bertz CT molecular complexity index is 532. The molecule has 0 amide bonds. The highest BCUT2D eigenvalue weighted by molar-refractivity contribution is 6.16. The van der Waals surface area contributed by atoms with Crippen molar-refractivity contribution in [3.8, 4) is 0 Å². The summed E-state index contributed by atoms with van der Waals surface area (Å²) in [7, 11) is 4.32. The van der Waals surface area contributed by atoms with Gasteiger partial charge in [-0.3, -0.25) is 0 Å². The summed E-state index contributed by atoms with van der Waals surface area (Å²) in [5.74, 6) is 0. The molecule has 0 saturated heterocycles. The van der Waals surface area contributed by atoms with Crippen molar-refractivity contribution in [2.75, 3.05) is 26.6 Å². The lowest BCUT2D eigenvalue weighted by molar-refractivity contribution is -0.878. The molecule has 1 nitrogen and oxygen atoms in total. The Morgan fingerprint density at radius 1 is 0.905 bits per heavy atom. The van der Waals surface area contributed by atoms with Gasteiger partial charge in [-0.2, -0.15) is 0 Å². The van der Waals surface area contributed by atoms with Gasteiger partial charge in [0, 0.05) is 6.42 Å². The summed E-state index contributed by atoms with van der Waals surface area (Å²) >= 11 is 5.99. The predicted molar refractivity (Wildman–Crippen MR) is 92.3 cm³/mol. The van der Waals surface area contributed by atoms with Crippen LogP contribution in [-0.2, 0) is 0 Å². The molecule has 0 fully saturated rings. The van der Waals surface area contributed by atoms with E-state index in [4.69, 9.17) is 11.6 Å². The van der Waals surface area contributed by atoms with E-state index in [0.717, 1.165) is 17.4 Å². The van der Waals surface area contributed by atoms with Crippen LogP contribution < -0.4 is 0 Å². The first-order valence-electron chi connectivity index (χ1n) is 7.31. The highest BCUT2D eigenvalue weighted by Crippen LogP contribution is 2.23. The lowest BCUT2D eigenvalue weighted by atomic mass is 9.97. The maximum absolute atomic E-state index is 5.99. The van der Waals surface area contributed by atoms with Gasteiger partial charge in [0.05, 0.1) is 20.6 Å². The molecule has 0 radical (unpaired) electrons. The Labute approximate surface area is 133 Å². The molecule has 21 heavy (non-hydrogen) atoms. The zero-order valence-electron chi connectivity index (χ0n) is 12.8. The summed E-state index contributed by atoms with van der Waals surface area (Å²) in [6.07, 6.45) is 3.34. The van der Waals surface area contributed by atoms with Crippen molar-refractivity contribution in [3.63, 3.8) is 0 Å². The number of nitrogens with zero attached hydrogens (tertiary/aromatic N) is 1. The van der Waals surface area contributed by atoms with Crippen molar-refractivity contribution in [1.82, 2.24) is 0 Å². The number of hydrogen-bond donors (Lipinski definition) is 0. The Morgan fingerprint density at radius 3 is 1.81 bits per heavy atom. The minimum absolute atomic E-state index is 0.639. The molecule has 2 rings (SSSR count). The van der Waals surface area contributed by atoms with Crippen LogP contribution in [0.25, 0.3) is 5.57 Å². The standard InChI is InChI=1S/C19H23ClN/c1-21(2,16-20)15-9-14-19(17-10-5-3-6-11-17)18-12-7-4-8-13-18/h3-8,10-14H,9,15-16H2,1-2H3/q+1. The molecule has 0 aromatic heterocycles. The molecule has 2 aromatic rings. The van der Waals surface area contributed by atoms with E-state index < -0.39 is 0 Å².